The molecule has 1 unspecified atom stereocenters. The highest BCUT2D eigenvalue weighted by molar-refractivity contribution is 5.98. The Morgan fingerprint density at radius 1 is 1.27 bits per heavy atom. The first kappa shape index (κ1) is 20.3. The lowest BCUT2D eigenvalue weighted by Crippen LogP contribution is -2.20. The molecule has 156 valence electrons. The number of fused-ring (bicyclic) bond motifs is 1. The van der Waals surface area contributed by atoms with Gasteiger partial charge in [-0.15, -0.1) is 0 Å². The number of carbonyl (C=O) groups is 1. The van der Waals surface area contributed by atoms with E-state index in [-0.39, 0.29) is 6.42 Å². The molecular formula is C24H25FN2O3. The van der Waals surface area contributed by atoms with Crippen LogP contribution in [0.5, 0.6) is 5.75 Å². The molecule has 1 fully saturated rings. The molecule has 30 heavy (non-hydrogen) atoms. The van der Waals surface area contributed by atoms with Crippen molar-refractivity contribution < 1.29 is 19.0 Å². The van der Waals surface area contributed by atoms with Crippen LogP contribution in [-0.2, 0) is 17.8 Å². The Labute approximate surface area is 175 Å². The van der Waals surface area contributed by atoms with E-state index in [2.05, 4.69) is 4.90 Å². The third kappa shape index (κ3) is 4.28. The van der Waals surface area contributed by atoms with E-state index < -0.39 is 12.1 Å². The van der Waals surface area contributed by atoms with Gasteiger partial charge >= 0.3 is 5.97 Å². The summed E-state index contributed by atoms with van der Waals surface area (Å²) in [5, 5.41) is 11.1. The number of methoxy groups -OCH3 is 1. The summed E-state index contributed by atoms with van der Waals surface area (Å²) in [5.74, 6) is -0.133. The molecule has 1 aliphatic heterocycles. The first-order valence-corrected chi connectivity index (χ1v) is 10.2. The first-order chi connectivity index (χ1) is 14.5. The number of carboxylic acid groups (broad SMARTS) is 1. The van der Waals surface area contributed by atoms with Crippen LogP contribution in [0.25, 0.3) is 22.0 Å². The molecule has 0 aliphatic carbocycles. The largest absolute Gasteiger partial charge is 0.494 e. The van der Waals surface area contributed by atoms with Gasteiger partial charge in [0.1, 0.15) is 17.6 Å². The number of ether oxygens (including phenoxy) is 1. The van der Waals surface area contributed by atoms with Crippen molar-refractivity contribution in [1.29, 1.82) is 0 Å². The van der Waals surface area contributed by atoms with E-state index in [4.69, 9.17) is 14.8 Å². The SMILES string of the molecule is COc1cc(CN2CCC(F)C2)cnc1-c1cccc2c(CCC(=O)O)cccc12. The van der Waals surface area contributed by atoms with Crippen molar-refractivity contribution in [2.24, 2.45) is 0 Å². The molecule has 0 spiro atoms. The Morgan fingerprint density at radius 3 is 2.80 bits per heavy atom. The van der Waals surface area contributed by atoms with Gasteiger partial charge in [-0.3, -0.25) is 14.7 Å². The van der Waals surface area contributed by atoms with Gasteiger partial charge in [-0.05, 0) is 40.8 Å². The van der Waals surface area contributed by atoms with Crippen LogP contribution in [0.2, 0.25) is 0 Å². The van der Waals surface area contributed by atoms with Crippen LogP contribution in [0, 0.1) is 0 Å². The third-order valence-corrected chi connectivity index (χ3v) is 5.63. The zero-order valence-corrected chi connectivity index (χ0v) is 17.0. The Balaban J connectivity index is 1.69. The van der Waals surface area contributed by atoms with Crippen LogP contribution in [0.4, 0.5) is 4.39 Å². The van der Waals surface area contributed by atoms with Crippen LogP contribution in [0.1, 0.15) is 24.0 Å². The van der Waals surface area contributed by atoms with Crippen molar-refractivity contribution in [2.45, 2.75) is 32.0 Å². The number of halogens is 1. The maximum absolute atomic E-state index is 13.5. The maximum Gasteiger partial charge on any atom is 0.303 e. The van der Waals surface area contributed by atoms with Gasteiger partial charge in [-0.25, -0.2) is 4.39 Å². The molecule has 1 atom stereocenters. The fourth-order valence-corrected chi connectivity index (χ4v) is 4.16. The molecule has 2 aromatic carbocycles. The zero-order chi connectivity index (χ0) is 21.1. The summed E-state index contributed by atoms with van der Waals surface area (Å²) in [6.45, 7) is 1.87. The van der Waals surface area contributed by atoms with Crippen molar-refractivity contribution in [3.05, 3.63) is 59.8 Å². The smallest absolute Gasteiger partial charge is 0.303 e. The fourth-order valence-electron chi connectivity index (χ4n) is 4.16. The molecule has 1 aromatic heterocycles. The highest BCUT2D eigenvalue weighted by Crippen LogP contribution is 2.35. The number of alkyl halides is 1. The van der Waals surface area contributed by atoms with Gasteiger partial charge in [-0.1, -0.05) is 36.4 Å². The number of aryl methyl sites for hydroxylation is 1. The van der Waals surface area contributed by atoms with E-state index in [0.717, 1.165) is 39.7 Å². The molecule has 1 N–H and O–H groups in total. The quantitative estimate of drug-likeness (QED) is 0.625. The average Bonchev–Trinajstić information content (AvgIpc) is 3.16. The summed E-state index contributed by atoms with van der Waals surface area (Å²) in [7, 11) is 1.63. The summed E-state index contributed by atoms with van der Waals surface area (Å²) in [6, 6.07) is 13.9. The second-order valence-electron chi connectivity index (χ2n) is 7.73. The van der Waals surface area contributed by atoms with Crippen LogP contribution >= 0.6 is 0 Å². The number of hydrogen-bond acceptors (Lipinski definition) is 4. The number of aliphatic carboxylic acids is 1. The molecule has 2 heterocycles. The lowest BCUT2D eigenvalue weighted by Gasteiger charge is -2.17. The van der Waals surface area contributed by atoms with Crippen molar-refractivity contribution >= 4 is 16.7 Å². The number of carboxylic acids is 1. The van der Waals surface area contributed by atoms with Gasteiger partial charge in [0.15, 0.2) is 0 Å². The Kier molecular flexibility index (Phi) is 5.95. The Morgan fingerprint density at radius 2 is 2.07 bits per heavy atom. The van der Waals surface area contributed by atoms with Gasteiger partial charge in [0.25, 0.3) is 0 Å². The van der Waals surface area contributed by atoms with E-state index in [1.165, 1.54) is 0 Å². The lowest BCUT2D eigenvalue weighted by atomic mass is 9.95. The Hall–Kier alpha value is -2.99. The maximum atomic E-state index is 13.5. The summed E-state index contributed by atoms with van der Waals surface area (Å²) in [6.07, 6.45) is 2.24. The number of nitrogens with zero attached hydrogens (tertiary/aromatic N) is 2. The molecule has 0 radical (unpaired) electrons. The standard InChI is InChI=1S/C24H25FN2O3/c1-30-22-12-16(14-27-11-10-18(25)15-27)13-26-24(22)21-7-3-5-19-17(8-9-23(28)29)4-2-6-20(19)21/h2-7,12-13,18H,8-11,14-15H2,1H3,(H,28,29). The van der Waals surface area contributed by atoms with Crippen molar-refractivity contribution in [2.75, 3.05) is 20.2 Å². The van der Waals surface area contributed by atoms with Gasteiger partial charge in [0.05, 0.1) is 7.11 Å². The minimum Gasteiger partial charge on any atom is -0.494 e. The van der Waals surface area contributed by atoms with E-state index in [1.54, 1.807) is 7.11 Å². The summed E-state index contributed by atoms with van der Waals surface area (Å²) < 4.78 is 19.1. The normalized spacial score (nSPS) is 16.8. The number of rotatable bonds is 7. The summed E-state index contributed by atoms with van der Waals surface area (Å²) >= 11 is 0. The minimum atomic E-state index is -0.806. The van der Waals surface area contributed by atoms with Gasteiger partial charge < -0.3 is 9.84 Å². The molecule has 5 nitrogen and oxygen atoms in total. The van der Waals surface area contributed by atoms with Gasteiger partial charge in [0.2, 0.25) is 0 Å². The number of aromatic nitrogens is 1. The molecule has 0 bridgehead atoms. The monoisotopic (exact) mass is 408 g/mol. The zero-order valence-electron chi connectivity index (χ0n) is 17.0. The topological polar surface area (TPSA) is 62.7 Å². The van der Waals surface area contributed by atoms with Crippen LogP contribution in [0.15, 0.2) is 48.7 Å². The Bertz CT molecular complexity index is 1070. The fraction of sp³-hybridized carbons (Fsp3) is 0.333. The van der Waals surface area contributed by atoms with Crippen LogP contribution in [-0.4, -0.2) is 47.3 Å². The first-order valence-electron chi connectivity index (χ1n) is 10.2. The molecule has 6 heteroatoms. The molecule has 1 saturated heterocycles. The molecule has 4 rings (SSSR count). The van der Waals surface area contributed by atoms with Crippen molar-refractivity contribution in [3.8, 4) is 17.0 Å². The number of benzene rings is 2. The second-order valence-corrected chi connectivity index (χ2v) is 7.73. The lowest BCUT2D eigenvalue weighted by molar-refractivity contribution is -0.136. The predicted molar refractivity (Wildman–Crippen MR) is 114 cm³/mol. The average molecular weight is 408 g/mol. The van der Waals surface area contributed by atoms with Crippen LogP contribution in [0.3, 0.4) is 0 Å². The van der Waals surface area contributed by atoms with E-state index in [9.17, 15) is 9.18 Å². The van der Waals surface area contributed by atoms with Gasteiger partial charge in [0, 0.05) is 37.8 Å². The third-order valence-electron chi connectivity index (χ3n) is 5.63. The number of pyridine rings is 1. The van der Waals surface area contributed by atoms with Crippen LogP contribution < -0.4 is 4.74 Å². The summed E-state index contributed by atoms with van der Waals surface area (Å²) in [5.41, 5.74) is 3.68. The van der Waals surface area contributed by atoms with Crippen molar-refractivity contribution in [1.82, 2.24) is 9.88 Å². The number of likely N-dealkylation sites (tertiary alicyclic amines) is 1. The molecule has 1 aliphatic rings. The van der Waals surface area contributed by atoms with Gasteiger partial charge in [-0.2, -0.15) is 0 Å². The highest BCUT2D eigenvalue weighted by atomic mass is 19.1. The van der Waals surface area contributed by atoms with Crippen molar-refractivity contribution in [3.63, 3.8) is 0 Å². The minimum absolute atomic E-state index is 0.0931. The van der Waals surface area contributed by atoms with E-state index in [0.29, 0.717) is 31.7 Å². The molecule has 0 amide bonds. The molecule has 0 saturated carbocycles. The van der Waals surface area contributed by atoms with E-state index in [1.807, 2.05) is 48.7 Å². The van der Waals surface area contributed by atoms with E-state index >= 15 is 0 Å². The molecule has 3 aromatic rings. The highest BCUT2D eigenvalue weighted by Gasteiger charge is 2.22. The number of hydrogen-bond donors (Lipinski definition) is 1. The summed E-state index contributed by atoms with van der Waals surface area (Å²) in [4.78, 5) is 17.8. The molecular weight excluding hydrogens is 383 g/mol. The predicted octanol–water partition coefficient (Wildman–Crippen LogP) is 4.47. The second kappa shape index (κ2) is 8.79.